The van der Waals surface area contributed by atoms with Gasteiger partial charge in [-0.1, -0.05) is 18.2 Å². The first-order valence-electron chi connectivity index (χ1n) is 5.46. The van der Waals surface area contributed by atoms with E-state index in [9.17, 15) is 4.79 Å². The van der Waals surface area contributed by atoms with E-state index in [2.05, 4.69) is 10.3 Å². The minimum absolute atomic E-state index is 0. The Morgan fingerprint density at radius 1 is 1.11 bits per heavy atom. The molecule has 4 heteroatoms. The number of hydrogen-bond donors (Lipinski definition) is 1. The number of benzene rings is 1. The van der Waals surface area contributed by atoms with E-state index >= 15 is 0 Å². The number of carbonyl (C=O) groups excluding carboxylic acids is 1. The first-order valence-corrected chi connectivity index (χ1v) is 5.46. The molecule has 0 fully saturated rings. The summed E-state index contributed by atoms with van der Waals surface area (Å²) in [5, 5.41) is 2.92. The quantitative estimate of drug-likeness (QED) is 0.878. The lowest BCUT2D eigenvalue weighted by Crippen LogP contribution is -2.13. The molecule has 1 heterocycles. The molecule has 94 valence electrons. The van der Waals surface area contributed by atoms with Crippen molar-refractivity contribution in [2.45, 2.75) is 13.8 Å². The van der Waals surface area contributed by atoms with E-state index < -0.39 is 0 Å². The molecule has 0 aliphatic heterocycles. The van der Waals surface area contributed by atoms with Gasteiger partial charge >= 0.3 is 0 Å². The molecule has 4 nitrogen and oxygen atoms in total. The van der Waals surface area contributed by atoms with Gasteiger partial charge in [-0.3, -0.25) is 9.78 Å². The van der Waals surface area contributed by atoms with Crippen molar-refractivity contribution in [1.82, 2.24) is 4.98 Å². The van der Waals surface area contributed by atoms with Crippen molar-refractivity contribution in [1.29, 1.82) is 0 Å². The second-order valence-corrected chi connectivity index (χ2v) is 3.96. The Morgan fingerprint density at radius 3 is 2.33 bits per heavy atom. The highest BCUT2D eigenvalue weighted by Gasteiger charge is 2.08. The summed E-state index contributed by atoms with van der Waals surface area (Å²) in [7, 11) is 0. The van der Waals surface area contributed by atoms with Crippen molar-refractivity contribution in [3.8, 4) is 0 Å². The van der Waals surface area contributed by atoms with Crippen molar-refractivity contribution in [2.75, 3.05) is 5.32 Å². The van der Waals surface area contributed by atoms with Crippen LogP contribution in [0.25, 0.3) is 0 Å². The summed E-state index contributed by atoms with van der Waals surface area (Å²) in [5.74, 6) is -0.129. The van der Waals surface area contributed by atoms with Crippen LogP contribution in [0.2, 0.25) is 0 Å². The smallest absolute Gasteiger partial charge is 0.257 e. The molecular weight excluding hydrogens is 228 g/mol. The topological polar surface area (TPSA) is 73.5 Å². The number of aryl methyl sites for hydroxylation is 2. The summed E-state index contributed by atoms with van der Waals surface area (Å²) in [4.78, 5) is 15.9. The van der Waals surface area contributed by atoms with Gasteiger partial charge in [-0.2, -0.15) is 0 Å². The van der Waals surface area contributed by atoms with Crippen molar-refractivity contribution < 1.29 is 10.3 Å². The fourth-order valence-corrected chi connectivity index (χ4v) is 1.69. The van der Waals surface area contributed by atoms with Crippen molar-refractivity contribution >= 4 is 11.6 Å². The Balaban J connectivity index is 0.00000162. The van der Waals surface area contributed by atoms with Crippen LogP contribution in [0, 0.1) is 13.8 Å². The predicted molar refractivity (Wildman–Crippen MR) is 71.7 cm³/mol. The highest BCUT2D eigenvalue weighted by atomic mass is 16.1. The number of nitrogens with one attached hydrogen (secondary N) is 1. The van der Waals surface area contributed by atoms with Crippen LogP contribution in [0.1, 0.15) is 21.5 Å². The van der Waals surface area contributed by atoms with Crippen LogP contribution in [-0.4, -0.2) is 16.4 Å². The van der Waals surface area contributed by atoms with Crippen LogP contribution in [0.4, 0.5) is 5.69 Å². The van der Waals surface area contributed by atoms with E-state index in [-0.39, 0.29) is 11.4 Å². The number of amides is 1. The summed E-state index contributed by atoms with van der Waals surface area (Å²) < 4.78 is 0. The Hall–Kier alpha value is -2.20. The van der Waals surface area contributed by atoms with Gasteiger partial charge < -0.3 is 10.8 Å². The van der Waals surface area contributed by atoms with Crippen LogP contribution < -0.4 is 5.32 Å². The average molecular weight is 244 g/mol. The van der Waals surface area contributed by atoms with Gasteiger partial charge in [0.25, 0.3) is 5.91 Å². The lowest BCUT2D eigenvalue weighted by Gasteiger charge is -2.11. The van der Waals surface area contributed by atoms with Gasteiger partial charge in [-0.15, -0.1) is 0 Å². The third-order valence-corrected chi connectivity index (χ3v) is 2.64. The lowest BCUT2D eigenvalue weighted by molar-refractivity contribution is 0.102. The lowest BCUT2D eigenvalue weighted by atomic mass is 10.1. The number of hydrogen-bond acceptors (Lipinski definition) is 2. The molecule has 1 aromatic carbocycles. The molecule has 0 unspecified atom stereocenters. The molecule has 0 atom stereocenters. The fraction of sp³-hybridized carbons (Fsp3) is 0.143. The SMILES string of the molecule is Cc1cccc(C)c1NC(=O)c1cccnc1.O. The zero-order chi connectivity index (χ0) is 12.3. The van der Waals surface area contributed by atoms with E-state index in [1.807, 2.05) is 32.0 Å². The molecule has 1 amide bonds. The molecule has 0 aliphatic rings. The molecule has 1 aromatic heterocycles. The zero-order valence-electron chi connectivity index (χ0n) is 10.4. The number of pyridine rings is 1. The first kappa shape index (κ1) is 13.9. The van der Waals surface area contributed by atoms with Crippen LogP contribution in [0.15, 0.2) is 42.7 Å². The van der Waals surface area contributed by atoms with E-state index in [1.165, 1.54) is 0 Å². The van der Waals surface area contributed by atoms with Gasteiger partial charge in [0, 0.05) is 18.1 Å². The maximum Gasteiger partial charge on any atom is 0.257 e. The van der Waals surface area contributed by atoms with E-state index in [4.69, 9.17) is 0 Å². The van der Waals surface area contributed by atoms with Crippen LogP contribution in [-0.2, 0) is 0 Å². The Morgan fingerprint density at radius 2 is 1.78 bits per heavy atom. The van der Waals surface area contributed by atoms with Gasteiger partial charge in [0.1, 0.15) is 0 Å². The number of rotatable bonds is 2. The van der Waals surface area contributed by atoms with E-state index in [0.717, 1.165) is 16.8 Å². The summed E-state index contributed by atoms with van der Waals surface area (Å²) in [6, 6.07) is 9.43. The highest BCUT2D eigenvalue weighted by Crippen LogP contribution is 2.20. The molecule has 0 spiro atoms. The third-order valence-electron chi connectivity index (χ3n) is 2.64. The monoisotopic (exact) mass is 244 g/mol. The maximum absolute atomic E-state index is 12.0. The zero-order valence-corrected chi connectivity index (χ0v) is 10.4. The van der Waals surface area contributed by atoms with Crippen LogP contribution in [0.5, 0.6) is 0 Å². The van der Waals surface area contributed by atoms with Crippen molar-refractivity contribution in [3.05, 3.63) is 59.4 Å². The standard InChI is InChI=1S/C14H14N2O.H2O/c1-10-5-3-6-11(2)13(10)16-14(17)12-7-4-8-15-9-12;/h3-9H,1-2H3,(H,16,17);1H2. The molecule has 0 saturated carbocycles. The maximum atomic E-state index is 12.0. The summed E-state index contributed by atoms with van der Waals surface area (Å²) in [6.45, 7) is 3.96. The van der Waals surface area contributed by atoms with E-state index in [0.29, 0.717) is 5.56 Å². The Bertz CT molecular complexity index is 518. The van der Waals surface area contributed by atoms with Gasteiger partial charge in [0.05, 0.1) is 5.56 Å². The largest absolute Gasteiger partial charge is 0.412 e. The van der Waals surface area contributed by atoms with Gasteiger partial charge in [-0.25, -0.2) is 0 Å². The minimum atomic E-state index is -0.129. The van der Waals surface area contributed by atoms with Gasteiger partial charge in [-0.05, 0) is 37.1 Å². The number of carbonyl (C=O) groups is 1. The normalized spacial score (nSPS) is 9.44. The molecule has 0 aliphatic carbocycles. The minimum Gasteiger partial charge on any atom is -0.412 e. The van der Waals surface area contributed by atoms with Crippen molar-refractivity contribution in [2.24, 2.45) is 0 Å². The number of aromatic nitrogens is 1. The molecule has 3 N–H and O–H groups in total. The average Bonchev–Trinajstić information content (AvgIpc) is 2.35. The second-order valence-electron chi connectivity index (χ2n) is 3.96. The summed E-state index contributed by atoms with van der Waals surface area (Å²) >= 11 is 0. The number of anilines is 1. The fourth-order valence-electron chi connectivity index (χ4n) is 1.69. The molecule has 0 radical (unpaired) electrons. The molecule has 18 heavy (non-hydrogen) atoms. The van der Waals surface area contributed by atoms with Crippen LogP contribution in [0.3, 0.4) is 0 Å². The number of para-hydroxylation sites is 1. The van der Waals surface area contributed by atoms with Crippen LogP contribution >= 0.6 is 0 Å². The Labute approximate surface area is 106 Å². The molecule has 2 rings (SSSR count). The summed E-state index contributed by atoms with van der Waals surface area (Å²) in [6.07, 6.45) is 3.21. The number of nitrogens with zero attached hydrogens (tertiary/aromatic N) is 1. The van der Waals surface area contributed by atoms with E-state index in [1.54, 1.807) is 24.5 Å². The second kappa shape index (κ2) is 5.93. The van der Waals surface area contributed by atoms with Gasteiger partial charge in [0.15, 0.2) is 0 Å². The highest BCUT2D eigenvalue weighted by molar-refractivity contribution is 6.04. The predicted octanol–water partition coefficient (Wildman–Crippen LogP) is 2.13. The molecule has 0 saturated heterocycles. The molecular formula is C14H16N2O2. The summed E-state index contributed by atoms with van der Waals surface area (Å²) in [5.41, 5.74) is 3.56. The van der Waals surface area contributed by atoms with Crippen molar-refractivity contribution in [3.63, 3.8) is 0 Å². The molecule has 0 bridgehead atoms. The molecule has 2 aromatic rings. The first-order chi connectivity index (χ1) is 8.18. The third kappa shape index (κ3) is 2.93. The van der Waals surface area contributed by atoms with Gasteiger partial charge in [0.2, 0.25) is 0 Å². The Kier molecular flexibility index (Phi) is 4.57.